The third-order valence-electron chi connectivity index (χ3n) is 3.01. The fourth-order valence-corrected chi connectivity index (χ4v) is 2.19. The summed E-state index contributed by atoms with van der Waals surface area (Å²) >= 11 is 4.33. The van der Waals surface area contributed by atoms with Crippen LogP contribution in [-0.2, 0) is 0 Å². The average molecular weight is 237 g/mol. The predicted molar refractivity (Wildman–Crippen MR) is 75.4 cm³/mol. The first-order chi connectivity index (χ1) is 7.56. The zero-order valence-corrected chi connectivity index (χ0v) is 11.7. The van der Waals surface area contributed by atoms with Crippen molar-refractivity contribution in [2.45, 2.75) is 32.2 Å². The molecule has 16 heavy (non-hydrogen) atoms. The summed E-state index contributed by atoms with van der Waals surface area (Å²) in [5.74, 6) is 1.53. The van der Waals surface area contributed by atoms with Crippen molar-refractivity contribution in [2.24, 2.45) is 0 Å². The van der Waals surface area contributed by atoms with Crippen molar-refractivity contribution in [3.8, 4) is 0 Å². The molecule has 0 saturated heterocycles. The lowest BCUT2D eigenvalue weighted by molar-refractivity contribution is 0.293. The van der Waals surface area contributed by atoms with Gasteiger partial charge in [-0.1, -0.05) is 38.1 Å². The van der Waals surface area contributed by atoms with Crippen LogP contribution >= 0.6 is 12.6 Å². The van der Waals surface area contributed by atoms with Gasteiger partial charge >= 0.3 is 0 Å². The van der Waals surface area contributed by atoms with Crippen LogP contribution < -0.4 is 0 Å². The summed E-state index contributed by atoms with van der Waals surface area (Å²) in [6, 6.07) is 9.48. The number of benzene rings is 1. The lowest BCUT2D eigenvalue weighted by Gasteiger charge is -2.24. The number of thiol groups is 1. The normalized spacial score (nSPS) is 13.4. The quantitative estimate of drug-likeness (QED) is 0.764. The van der Waals surface area contributed by atoms with Crippen molar-refractivity contribution in [2.75, 3.05) is 19.8 Å². The van der Waals surface area contributed by atoms with Crippen LogP contribution in [0.1, 0.15) is 43.4 Å². The van der Waals surface area contributed by atoms with Gasteiger partial charge in [0.1, 0.15) is 0 Å². The Labute approximate surface area is 105 Å². The van der Waals surface area contributed by atoms with E-state index in [1.165, 1.54) is 11.1 Å². The summed E-state index contributed by atoms with van der Waals surface area (Å²) in [5.41, 5.74) is 2.80. The van der Waals surface area contributed by atoms with E-state index < -0.39 is 0 Å². The van der Waals surface area contributed by atoms with Crippen LogP contribution in [0.5, 0.6) is 0 Å². The van der Waals surface area contributed by atoms with Crippen LogP contribution in [0.3, 0.4) is 0 Å². The van der Waals surface area contributed by atoms with Crippen molar-refractivity contribution in [1.82, 2.24) is 4.90 Å². The Morgan fingerprint density at radius 2 is 1.56 bits per heavy atom. The van der Waals surface area contributed by atoms with Gasteiger partial charge in [-0.3, -0.25) is 0 Å². The molecule has 0 aromatic heterocycles. The Morgan fingerprint density at radius 1 is 1.06 bits per heavy atom. The summed E-state index contributed by atoms with van der Waals surface area (Å²) in [5, 5.41) is 0. The molecule has 0 spiro atoms. The number of rotatable bonds is 5. The molecule has 0 aliphatic rings. The maximum Gasteiger partial charge on any atom is 0.0349 e. The topological polar surface area (TPSA) is 3.24 Å². The van der Waals surface area contributed by atoms with Crippen LogP contribution in [0, 0.1) is 0 Å². The molecule has 1 aromatic carbocycles. The third kappa shape index (κ3) is 3.53. The second-order valence-corrected chi connectivity index (χ2v) is 5.26. The molecule has 1 nitrogen and oxygen atoms in total. The van der Waals surface area contributed by atoms with Gasteiger partial charge < -0.3 is 4.90 Å². The lowest BCUT2D eigenvalue weighted by atomic mass is 9.97. The molecule has 0 amide bonds. The van der Waals surface area contributed by atoms with E-state index in [1.54, 1.807) is 0 Å². The second-order valence-electron chi connectivity index (χ2n) is 4.81. The van der Waals surface area contributed by atoms with Crippen LogP contribution in [0.15, 0.2) is 24.3 Å². The van der Waals surface area contributed by atoms with E-state index in [1.807, 2.05) is 0 Å². The minimum atomic E-state index is 0.485. The van der Waals surface area contributed by atoms with Gasteiger partial charge in [-0.2, -0.15) is 12.6 Å². The molecule has 1 atom stereocenters. The Morgan fingerprint density at radius 3 is 1.94 bits per heavy atom. The minimum Gasteiger partial charge on any atom is -0.302 e. The maximum atomic E-state index is 4.33. The smallest absolute Gasteiger partial charge is 0.0349 e. The molecule has 90 valence electrons. The molecule has 1 rings (SSSR count). The highest BCUT2D eigenvalue weighted by molar-refractivity contribution is 7.80. The first-order valence-electron chi connectivity index (χ1n) is 5.93. The molecule has 0 aliphatic carbocycles. The van der Waals surface area contributed by atoms with E-state index >= 15 is 0 Å². The molecule has 0 saturated carbocycles. The average Bonchev–Trinajstić information content (AvgIpc) is 2.25. The zero-order valence-electron chi connectivity index (χ0n) is 10.8. The Balaban J connectivity index is 2.85. The van der Waals surface area contributed by atoms with Gasteiger partial charge in [0.05, 0.1) is 0 Å². The van der Waals surface area contributed by atoms with Gasteiger partial charge in [-0.15, -0.1) is 0 Å². The molecule has 0 bridgehead atoms. The van der Waals surface area contributed by atoms with Gasteiger partial charge in [0.15, 0.2) is 0 Å². The van der Waals surface area contributed by atoms with E-state index in [0.29, 0.717) is 12.0 Å². The zero-order chi connectivity index (χ0) is 12.1. The standard InChI is InChI=1S/C14H23NS/c1-11(2)12-5-7-13(8-6-12)14(9-10-16)15(3)4/h5-8,11,14,16H,9-10H2,1-4H3. The molecule has 2 heteroatoms. The van der Waals surface area contributed by atoms with Crippen molar-refractivity contribution in [3.05, 3.63) is 35.4 Å². The fraction of sp³-hybridized carbons (Fsp3) is 0.571. The summed E-state index contributed by atoms with van der Waals surface area (Å²) in [7, 11) is 4.26. The summed E-state index contributed by atoms with van der Waals surface area (Å²) in [6.07, 6.45) is 1.09. The van der Waals surface area contributed by atoms with Crippen LogP contribution in [0.4, 0.5) is 0 Å². The van der Waals surface area contributed by atoms with Crippen LogP contribution in [0.2, 0.25) is 0 Å². The van der Waals surface area contributed by atoms with Crippen LogP contribution in [0.25, 0.3) is 0 Å². The summed E-state index contributed by atoms with van der Waals surface area (Å²) in [6.45, 7) is 4.46. The van der Waals surface area contributed by atoms with Crippen LogP contribution in [-0.4, -0.2) is 24.7 Å². The van der Waals surface area contributed by atoms with Crippen molar-refractivity contribution in [3.63, 3.8) is 0 Å². The molecule has 1 unspecified atom stereocenters. The lowest BCUT2D eigenvalue weighted by Crippen LogP contribution is -2.20. The molecule has 0 heterocycles. The first kappa shape index (κ1) is 13.6. The highest BCUT2D eigenvalue weighted by atomic mass is 32.1. The molecule has 0 radical (unpaired) electrons. The van der Waals surface area contributed by atoms with Crippen molar-refractivity contribution < 1.29 is 0 Å². The van der Waals surface area contributed by atoms with Crippen molar-refractivity contribution >= 4 is 12.6 Å². The van der Waals surface area contributed by atoms with Gasteiger partial charge in [0, 0.05) is 6.04 Å². The third-order valence-corrected chi connectivity index (χ3v) is 3.27. The fourth-order valence-electron chi connectivity index (χ4n) is 1.95. The first-order valence-corrected chi connectivity index (χ1v) is 6.56. The maximum absolute atomic E-state index is 4.33. The molecule has 0 N–H and O–H groups in total. The SMILES string of the molecule is CC(C)c1ccc(C(CCS)N(C)C)cc1. The summed E-state index contributed by atoms with van der Waals surface area (Å²) < 4.78 is 0. The van der Waals surface area contributed by atoms with E-state index in [0.717, 1.165) is 12.2 Å². The van der Waals surface area contributed by atoms with Gasteiger partial charge in [0.25, 0.3) is 0 Å². The number of nitrogens with zero attached hydrogens (tertiary/aromatic N) is 1. The molecular weight excluding hydrogens is 214 g/mol. The molecular formula is C14H23NS. The van der Waals surface area contributed by atoms with E-state index in [9.17, 15) is 0 Å². The Kier molecular flexibility index (Phi) is 5.36. The highest BCUT2D eigenvalue weighted by Gasteiger charge is 2.12. The largest absolute Gasteiger partial charge is 0.302 e. The second kappa shape index (κ2) is 6.31. The van der Waals surface area contributed by atoms with E-state index in [-0.39, 0.29) is 0 Å². The van der Waals surface area contributed by atoms with E-state index in [2.05, 4.69) is 69.7 Å². The highest BCUT2D eigenvalue weighted by Crippen LogP contribution is 2.24. The van der Waals surface area contributed by atoms with Gasteiger partial charge in [-0.25, -0.2) is 0 Å². The van der Waals surface area contributed by atoms with E-state index in [4.69, 9.17) is 0 Å². The molecule has 0 fully saturated rings. The van der Waals surface area contributed by atoms with Gasteiger partial charge in [-0.05, 0) is 43.3 Å². The number of hydrogen-bond acceptors (Lipinski definition) is 2. The molecule has 0 aliphatic heterocycles. The summed E-state index contributed by atoms with van der Waals surface area (Å²) in [4.78, 5) is 2.26. The monoisotopic (exact) mass is 237 g/mol. The Bertz CT molecular complexity index is 303. The van der Waals surface area contributed by atoms with Gasteiger partial charge in [0.2, 0.25) is 0 Å². The van der Waals surface area contributed by atoms with Crippen molar-refractivity contribution in [1.29, 1.82) is 0 Å². The minimum absolute atomic E-state index is 0.485. The number of hydrogen-bond donors (Lipinski definition) is 1. The molecule has 1 aromatic rings. The predicted octanol–water partition coefficient (Wildman–Crippen LogP) is 3.73. The Hall–Kier alpha value is -0.470.